The van der Waals surface area contributed by atoms with Crippen molar-refractivity contribution >= 4 is 39.8 Å². The fraction of sp³-hybridized carbons (Fsp3) is 0.435. The van der Waals surface area contributed by atoms with Gasteiger partial charge in [-0.15, -0.1) is 24.0 Å². The second-order valence-corrected chi connectivity index (χ2v) is 9.29. The molecule has 178 valence electrons. The third-order valence-electron chi connectivity index (χ3n) is 4.53. The first-order chi connectivity index (χ1) is 14.8. The molecule has 0 aromatic heterocycles. The van der Waals surface area contributed by atoms with E-state index in [2.05, 4.69) is 27.8 Å². The molecule has 2 aromatic carbocycles. The van der Waals surface area contributed by atoms with E-state index in [1.807, 2.05) is 19.9 Å². The summed E-state index contributed by atoms with van der Waals surface area (Å²) < 4.78 is 34.2. The van der Waals surface area contributed by atoms with Crippen molar-refractivity contribution in [3.8, 4) is 5.75 Å². The molecule has 0 heterocycles. The number of hydrogen-bond donors (Lipinski definition) is 2. The zero-order valence-electron chi connectivity index (χ0n) is 19.2. The number of aliphatic imine (C=N–C) groups is 1. The van der Waals surface area contributed by atoms with E-state index in [-0.39, 0.29) is 24.0 Å². The van der Waals surface area contributed by atoms with Crippen LogP contribution in [0.15, 0.2) is 52.4 Å². The Morgan fingerprint density at radius 3 is 2.41 bits per heavy atom. The first-order valence-corrected chi connectivity index (χ1v) is 12.2. The predicted octanol–water partition coefficient (Wildman–Crippen LogP) is 3.69. The molecule has 0 radical (unpaired) electrons. The van der Waals surface area contributed by atoms with Gasteiger partial charge in [-0.1, -0.05) is 24.3 Å². The molecule has 0 aliphatic rings. The number of sulfone groups is 1. The molecule has 2 N–H and O–H groups in total. The molecular formula is C23H34IN3O4S. The van der Waals surface area contributed by atoms with Gasteiger partial charge in [0.2, 0.25) is 0 Å². The van der Waals surface area contributed by atoms with Gasteiger partial charge in [-0.25, -0.2) is 13.4 Å². The Bertz CT molecular complexity index is 964. The van der Waals surface area contributed by atoms with E-state index in [1.54, 1.807) is 31.4 Å². The van der Waals surface area contributed by atoms with Crippen molar-refractivity contribution in [2.24, 2.45) is 4.99 Å². The summed E-state index contributed by atoms with van der Waals surface area (Å²) in [5.41, 5.74) is 3.12. The molecule has 0 saturated carbocycles. The Kier molecular flexibility index (Phi) is 12.6. The molecule has 0 unspecified atom stereocenters. The smallest absolute Gasteiger partial charge is 0.191 e. The number of rotatable bonds is 11. The third-order valence-corrected chi connectivity index (χ3v) is 5.66. The lowest BCUT2D eigenvalue weighted by molar-refractivity contribution is 0.171. The third kappa shape index (κ3) is 9.74. The molecule has 0 fully saturated rings. The van der Waals surface area contributed by atoms with Gasteiger partial charge < -0.3 is 20.1 Å². The van der Waals surface area contributed by atoms with Crippen LogP contribution in [0.1, 0.15) is 30.0 Å². The molecule has 0 amide bonds. The highest BCUT2D eigenvalue weighted by Crippen LogP contribution is 2.20. The molecule has 9 heteroatoms. The number of aryl methyl sites for hydroxylation is 1. The molecule has 0 bridgehead atoms. The molecule has 7 nitrogen and oxygen atoms in total. The van der Waals surface area contributed by atoms with Gasteiger partial charge in [0.05, 0.1) is 18.0 Å². The van der Waals surface area contributed by atoms with Gasteiger partial charge in [-0.05, 0) is 43.2 Å². The van der Waals surface area contributed by atoms with Gasteiger partial charge in [-0.2, -0.15) is 0 Å². The van der Waals surface area contributed by atoms with Crippen molar-refractivity contribution in [3.05, 3.63) is 59.2 Å². The van der Waals surface area contributed by atoms with Crippen LogP contribution < -0.4 is 15.4 Å². The molecule has 0 atom stereocenters. The molecule has 0 saturated heterocycles. The van der Waals surface area contributed by atoms with Crippen LogP contribution >= 0.6 is 24.0 Å². The van der Waals surface area contributed by atoms with E-state index in [4.69, 9.17) is 9.47 Å². The summed E-state index contributed by atoms with van der Waals surface area (Å²) in [5.74, 6) is 1.54. The minimum absolute atomic E-state index is 0. The summed E-state index contributed by atoms with van der Waals surface area (Å²) in [7, 11) is -1.51. The van der Waals surface area contributed by atoms with Crippen molar-refractivity contribution < 1.29 is 17.9 Å². The highest BCUT2D eigenvalue weighted by Gasteiger charge is 2.08. The van der Waals surface area contributed by atoms with Crippen molar-refractivity contribution in [2.75, 3.05) is 33.1 Å². The zero-order chi connectivity index (χ0) is 22.7. The van der Waals surface area contributed by atoms with Crippen molar-refractivity contribution in [3.63, 3.8) is 0 Å². The molecular weight excluding hydrogens is 541 g/mol. The number of methoxy groups -OCH3 is 1. The fourth-order valence-corrected chi connectivity index (χ4v) is 3.49. The Morgan fingerprint density at radius 1 is 1.06 bits per heavy atom. The lowest BCUT2D eigenvalue weighted by Gasteiger charge is -2.15. The Morgan fingerprint density at radius 2 is 1.78 bits per heavy atom. The number of benzene rings is 2. The van der Waals surface area contributed by atoms with Crippen LogP contribution in [-0.4, -0.2) is 47.5 Å². The summed E-state index contributed by atoms with van der Waals surface area (Å²) in [6.45, 7) is 7.05. The van der Waals surface area contributed by atoms with Crippen molar-refractivity contribution in [1.29, 1.82) is 0 Å². The van der Waals surface area contributed by atoms with E-state index < -0.39 is 9.84 Å². The SMILES string of the molecule is CCNC(=NCc1ccc(S(C)(=O)=O)cc1)NCc1ccc(C)cc1OCCCOC.I. The number of nitrogens with one attached hydrogen (secondary N) is 2. The van der Waals surface area contributed by atoms with Gasteiger partial charge in [0, 0.05) is 45.0 Å². The Balaban J connectivity index is 0.00000512. The van der Waals surface area contributed by atoms with Crippen LogP contribution in [-0.2, 0) is 27.7 Å². The monoisotopic (exact) mass is 575 g/mol. The summed E-state index contributed by atoms with van der Waals surface area (Å²) in [6.07, 6.45) is 2.04. The second kappa shape index (κ2) is 14.3. The number of guanidine groups is 1. The van der Waals surface area contributed by atoms with Crippen LogP contribution in [0, 0.1) is 6.92 Å². The van der Waals surface area contributed by atoms with E-state index in [0.717, 1.165) is 35.4 Å². The lowest BCUT2D eigenvalue weighted by atomic mass is 10.1. The lowest BCUT2D eigenvalue weighted by Crippen LogP contribution is -2.36. The van der Waals surface area contributed by atoms with E-state index in [9.17, 15) is 8.42 Å². The molecule has 32 heavy (non-hydrogen) atoms. The molecule has 2 rings (SSSR count). The quantitative estimate of drug-likeness (QED) is 0.184. The van der Waals surface area contributed by atoms with Crippen LogP contribution in [0.25, 0.3) is 0 Å². The first kappa shape index (κ1) is 28.2. The predicted molar refractivity (Wildman–Crippen MR) is 140 cm³/mol. The van der Waals surface area contributed by atoms with Gasteiger partial charge in [0.15, 0.2) is 15.8 Å². The summed E-state index contributed by atoms with van der Waals surface area (Å²) in [5, 5.41) is 6.58. The van der Waals surface area contributed by atoms with Gasteiger partial charge in [-0.3, -0.25) is 0 Å². The molecule has 0 aliphatic heterocycles. The van der Waals surface area contributed by atoms with Crippen molar-refractivity contribution in [1.82, 2.24) is 10.6 Å². The largest absolute Gasteiger partial charge is 0.493 e. The maximum Gasteiger partial charge on any atom is 0.191 e. The van der Waals surface area contributed by atoms with Crippen LogP contribution in [0.2, 0.25) is 0 Å². The highest BCUT2D eigenvalue weighted by atomic mass is 127. The number of ether oxygens (including phenoxy) is 2. The summed E-state index contributed by atoms with van der Waals surface area (Å²) >= 11 is 0. The average molecular weight is 576 g/mol. The second-order valence-electron chi connectivity index (χ2n) is 7.27. The maximum atomic E-state index is 11.6. The minimum Gasteiger partial charge on any atom is -0.493 e. The topological polar surface area (TPSA) is 89.0 Å². The van der Waals surface area contributed by atoms with Crippen LogP contribution in [0.3, 0.4) is 0 Å². The van der Waals surface area contributed by atoms with E-state index in [1.165, 1.54) is 6.26 Å². The normalized spacial score (nSPS) is 11.6. The van der Waals surface area contributed by atoms with Crippen LogP contribution in [0.4, 0.5) is 0 Å². The standard InChI is InChI=1S/C23H33N3O4S.HI/c1-5-24-23(25-16-19-8-11-21(12-9-19)31(4,27)28)26-17-20-10-7-18(2)15-22(20)30-14-6-13-29-3;/h7-12,15H,5-6,13-14,16-17H2,1-4H3,(H2,24,25,26);1H. The van der Waals surface area contributed by atoms with Gasteiger partial charge >= 0.3 is 0 Å². The summed E-state index contributed by atoms with van der Waals surface area (Å²) in [4.78, 5) is 4.92. The van der Waals surface area contributed by atoms with Crippen LogP contribution in [0.5, 0.6) is 5.75 Å². The summed E-state index contributed by atoms with van der Waals surface area (Å²) in [6, 6.07) is 13.0. The van der Waals surface area contributed by atoms with Crippen molar-refractivity contribution in [2.45, 2.75) is 38.3 Å². The van der Waals surface area contributed by atoms with Gasteiger partial charge in [0.25, 0.3) is 0 Å². The maximum absolute atomic E-state index is 11.6. The highest BCUT2D eigenvalue weighted by molar-refractivity contribution is 14.0. The van der Waals surface area contributed by atoms with Gasteiger partial charge in [0.1, 0.15) is 5.75 Å². The number of nitrogens with zero attached hydrogens (tertiary/aromatic N) is 1. The Hall–Kier alpha value is -1.85. The minimum atomic E-state index is -3.20. The van der Waals surface area contributed by atoms with E-state index >= 15 is 0 Å². The zero-order valence-corrected chi connectivity index (χ0v) is 22.3. The fourth-order valence-electron chi connectivity index (χ4n) is 2.86. The molecule has 0 spiro atoms. The molecule has 0 aliphatic carbocycles. The Labute approximate surface area is 208 Å². The molecule has 2 aromatic rings. The van der Waals surface area contributed by atoms with E-state index in [0.29, 0.717) is 37.2 Å². The first-order valence-electron chi connectivity index (χ1n) is 10.4. The average Bonchev–Trinajstić information content (AvgIpc) is 2.74. The number of hydrogen-bond acceptors (Lipinski definition) is 5. The number of halogens is 1.